The largest absolute Gasteiger partial charge is 0.460 e. The lowest BCUT2D eigenvalue weighted by atomic mass is 9.68. The number of benzene rings is 1. The van der Waals surface area contributed by atoms with Gasteiger partial charge in [0.2, 0.25) is 0 Å². The number of carbonyl (C=O) groups is 2. The highest BCUT2D eigenvalue weighted by atomic mass is 35.5. The number of carbonyl (C=O) groups excluding carboxylic acids is 2. The Balaban J connectivity index is 2.19. The van der Waals surface area contributed by atoms with Gasteiger partial charge in [0.1, 0.15) is 0 Å². The maximum atomic E-state index is 13.1. The number of dihydropyridines is 1. The van der Waals surface area contributed by atoms with Crippen molar-refractivity contribution in [2.45, 2.75) is 59.5 Å². The second-order valence-electron chi connectivity index (χ2n) is 8.41. The summed E-state index contributed by atoms with van der Waals surface area (Å²) in [4.78, 5) is 26.0. The van der Waals surface area contributed by atoms with Crippen LogP contribution in [0.1, 0.15) is 58.9 Å². The summed E-state index contributed by atoms with van der Waals surface area (Å²) in [5, 5.41) is 3.86. The van der Waals surface area contributed by atoms with Gasteiger partial charge < -0.3 is 10.1 Å². The third-order valence-corrected chi connectivity index (χ3v) is 5.36. The fourth-order valence-electron chi connectivity index (χ4n) is 4.00. The van der Waals surface area contributed by atoms with Crippen molar-refractivity contribution in [2.24, 2.45) is 5.41 Å². The zero-order valence-corrected chi connectivity index (χ0v) is 17.2. The van der Waals surface area contributed by atoms with Crippen LogP contribution < -0.4 is 5.32 Å². The first-order valence-corrected chi connectivity index (χ1v) is 9.68. The van der Waals surface area contributed by atoms with Gasteiger partial charge in [0, 0.05) is 34.3 Å². The van der Waals surface area contributed by atoms with Crippen LogP contribution in [0.5, 0.6) is 0 Å². The number of Topliss-reactive ketones (excluding diaryl/α,β-unsaturated/α-hetero) is 1. The van der Waals surface area contributed by atoms with Crippen molar-refractivity contribution in [3.63, 3.8) is 0 Å². The molecule has 4 nitrogen and oxygen atoms in total. The Labute approximate surface area is 165 Å². The van der Waals surface area contributed by atoms with E-state index in [9.17, 15) is 9.59 Å². The minimum Gasteiger partial charge on any atom is -0.460 e. The van der Waals surface area contributed by atoms with Crippen LogP contribution in [-0.4, -0.2) is 17.9 Å². The zero-order valence-electron chi connectivity index (χ0n) is 16.5. The van der Waals surface area contributed by atoms with Crippen molar-refractivity contribution >= 4 is 23.4 Å². The van der Waals surface area contributed by atoms with E-state index in [4.69, 9.17) is 16.3 Å². The number of esters is 1. The molecule has 0 amide bonds. The van der Waals surface area contributed by atoms with Crippen molar-refractivity contribution in [3.05, 3.63) is 57.4 Å². The van der Waals surface area contributed by atoms with Gasteiger partial charge in [-0.25, -0.2) is 4.79 Å². The molecule has 1 aliphatic carbocycles. The molecule has 0 spiro atoms. The normalized spacial score (nSPS) is 21.9. The number of allylic oxidation sites excluding steroid dienone is 3. The van der Waals surface area contributed by atoms with Crippen LogP contribution in [0.3, 0.4) is 0 Å². The van der Waals surface area contributed by atoms with E-state index in [0.717, 1.165) is 23.4 Å². The zero-order chi connectivity index (χ0) is 19.9. The predicted octanol–water partition coefficient (Wildman–Crippen LogP) is 4.90. The summed E-state index contributed by atoms with van der Waals surface area (Å²) in [5.41, 5.74) is 3.35. The second-order valence-corrected chi connectivity index (χ2v) is 8.81. The van der Waals surface area contributed by atoms with Crippen molar-refractivity contribution in [1.29, 1.82) is 0 Å². The average molecular weight is 388 g/mol. The first-order chi connectivity index (χ1) is 12.6. The quantitative estimate of drug-likeness (QED) is 0.750. The standard InChI is InChI=1S/C22H26ClNO3/c1-12(2)27-21(26)18-13(3)24-16-10-22(4,5)11-17(25)20(16)19(18)14-8-6-7-9-15(14)23/h6-9,12,19,24H,10-11H2,1-5H3/t19-/m0/s1. The van der Waals surface area contributed by atoms with Gasteiger partial charge in [-0.2, -0.15) is 0 Å². The van der Waals surface area contributed by atoms with E-state index < -0.39 is 11.9 Å². The van der Waals surface area contributed by atoms with Crippen LogP contribution in [0, 0.1) is 5.41 Å². The molecule has 2 aliphatic rings. The second kappa shape index (κ2) is 7.16. The summed E-state index contributed by atoms with van der Waals surface area (Å²) in [6.07, 6.45) is 0.944. The van der Waals surface area contributed by atoms with E-state index in [1.807, 2.05) is 39.0 Å². The fraction of sp³-hybridized carbons (Fsp3) is 0.455. The van der Waals surface area contributed by atoms with Crippen LogP contribution in [0.2, 0.25) is 5.02 Å². The van der Waals surface area contributed by atoms with Crippen LogP contribution in [-0.2, 0) is 14.3 Å². The SMILES string of the molecule is CC1=C(C(=O)OC(C)C)[C@H](c2ccccc2Cl)C2=C(CC(C)(C)CC2=O)N1. The highest BCUT2D eigenvalue weighted by Gasteiger charge is 2.43. The van der Waals surface area contributed by atoms with E-state index in [1.165, 1.54) is 0 Å². The van der Waals surface area contributed by atoms with Crippen molar-refractivity contribution in [1.82, 2.24) is 5.32 Å². The lowest BCUT2D eigenvalue weighted by molar-refractivity contribution is -0.143. The molecule has 0 bridgehead atoms. The first-order valence-electron chi connectivity index (χ1n) is 9.30. The lowest BCUT2D eigenvalue weighted by Gasteiger charge is -2.39. The number of nitrogens with one attached hydrogen (secondary N) is 1. The van der Waals surface area contributed by atoms with Gasteiger partial charge in [-0.1, -0.05) is 43.6 Å². The molecule has 0 unspecified atom stereocenters. The summed E-state index contributed by atoms with van der Waals surface area (Å²) < 4.78 is 5.49. The number of ether oxygens (including phenoxy) is 1. The van der Waals surface area contributed by atoms with E-state index >= 15 is 0 Å². The van der Waals surface area contributed by atoms with Crippen molar-refractivity contribution in [3.8, 4) is 0 Å². The molecule has 1 aromatic carbocycles. The maximum absolute atomic E-state index is 13.1. The Morgan fingerprint density at radius 3 is 2.56 bits per heavy atom. The van der Waals surface area contributed by atoms with E-state index in [2.05, 4.69) is 19.2 Å². The molecule has 27 heavy (non-hydrogen) atoms. The molecule has 0 fully saturated rings. The Kier molecular flexibility index (Phi) is 5.22. The van der Waals surface area contributed by atoms with Crippen LogP contribution in [0.15, 0.2) is 46.8 Å². The fourth-order valence-corrected chi connectivity index (χ4v) is 4.25. The highest BCUT2D eigenvalue weighted by Crippen LogP contribution is 2.48. The monoisotopic (exact) mass is 387 g/mol. The van der Waals surface area contributed by atoms with Gasteiger partial charge in [0.25, 0.3) is 0 Å². The number of hydrogen-bond acceptors (Lipinski definition) is 4. The number of rotatable bonds is 3. The molecular weight excluding hydrogens is 362 g/mol. The Hall–Kier alpha value is -2.07. The Morgan fingerprint density at radius 1 is 1.26 bits per heavy atom. The Bertz CT molecular complexity index is 864. The van der Waals surface area contributed by atoms with Gasteiger partial charge in [-0.15, -0.1) is 0 Å². The third-order valence-electron chi connectivity index (χ3n) is 5.02. The first kappa shape index (κ1) is 19.7. The Morgan fingerprint density at radius 2 is 1.93 bits per heavy atom. The molecule has 1 aromatic rings. The van der Waals surface area contributed by atoms with Crippen LogP contribution >= 0.6 is 11.6 Å². The van der Waals surface area contributed by atoms with Gasteiger partial charge in [0.05, 0.1) is 11.7 Å². The molecule has 1 heterocycles. The molecule has 1 N–H and O–H groups in total. The molecule has 1 atom stereocenters. The summed E-state index contributed by atoms with van der Waals surface area (Å²) in [7, 11) is 0. The molecule has 0 saturated carbocycles. The predicted molar refractivity (Wildman–Crippen MR) is 106 cm³/mol. The van der Waals surface area contributed by atoms with Gasteiger partial charge in [-0.05, 0) is 44.2 Å². The van der Waals surface area contributed by atoms with Crippen molar-refractivity contribution in [2.75, 3.05) is 0 Å². The van der Waals surface area contributed by atoms with E-state index in [0.29, 0.717) is 22.6 Å². The maximum Gasteiger partial charge on any atom is 0.337 e. The molecule has 0 radical (unpaired) electrons. The molecule has 0 saturated heterocycles. The molecular formula is C22H26ClNO3. The van der Waals surface area contributed by atoms with E-state index in [1.54, 1.807) is 6.07 Å². The molecule has 0 aromatic heterocycles. The van der Waals surface area contributed by atoms with Crippen LogP contribution in [0.25, 0.3) is 0 Å². The van der Waals surface area contributed by atoms with Gasteiger partial charge in [0.15, 0.2) is 5.78 Å². The molecule has 144 valence electrons. The molecule has 5 heteroatoms. The molecule has 1 aliphatic heterocycles. The summed E-state index contributed by atoms with van der Waals surface area (Å²) >= 11 is 6.49. The number of hydrogen-bond donors (Lipinski definition) is 1. The minimum absolute atomic E-state index is 0.0565. The van der Waals surface area contributed by atoms with Crippen molar-refractivity contribution < 1.29 is 14.3 Å². The average Bonchev–Trinajstić information content (AvgIpc) is 2.51. The minimum atomic E-state index is -0.509. The summed E-state index contributed by atoms with van der Waals surface area (Å²) in [6, 6.07) is 7.39. The number of halogens is 1. The highest BCUT2D eigenvalue weighted by molar-refractivity contribution is 6.31. The summed E-state index contributed by atoms with van der Waals surface area (Å²) in [6.45, 7) is 9.66. The third kappa shape index (κ3) is 3.81. The molecule has 3 rings (SSSR count). The summed E-state index contributed by atoms with van der Waals surface area (Å²) in [5.74, 6) is -0.866. The smallest absolute Gasteiger partial charge is 0.337 e. The van der Waals surface area contributed by atoms with Crippen LogP contribution in [0.4, 0.5) is 0 Å². The lowest BCUT2D eigenvalue weighted by Crippen LogP contribution is -2.39. The number of ketones is 1. The van der Waals surface area contributed by atoms with Gasteiger partial charge >= 0.3 is 5.97 Å². The topological polar surface area (TPSA) is 55.4 Å². The van der Waals surface area contributed by atoms with Gasteiger partial charge in [-0.3, -0.25) is 4.79 Å². The van der Waals surface area contributed by atoms with E-state index in [-0.39, 0.29) is 17.3 Å².